The Kier molecular flexibility index (Phi) is 18.6. The molecule has 0 atom stereocenters. The van der Waals surface area contributed by atoms with E-state index in [0.717, 1.165) is 0 Å². The number of benzene rings is 5. The van der Waals surface area contributed by atoms with Gasteiger partial charge in [-0.25, -0.2) is 14.0 Å². The zero-order valence-corrected chi connectivity index (χ0v) is 36.7. The summed E-state index contributed by atoms with van der Waals surface area (Å²) >= 11 is 0. The first kappa shape index (κ1) is 51.3. The van der Waals surface area contributed by atoms with Crippen molar-refractivity contribution >= 4 is 63.9 Å². The molecule has 66 heavy (non-hydrogen) atoms. The van der Waals surface area contributed by atoms with Crippen LogP contribution in [0, 0.1) is 17.1 Å². The number of hydrogen-bond donors (Lipinski definition) is 8. The Morgan fingerprint density at radius 2 is 1.35 bits per heavy atom. The first-order valence-electron chi connectivity index (χ1n) is 19.4. The first-order valence-corrected chi connectivity index (χ1v) is 19.4. The van der Waals surface area contributed by atoms with E-state index in [4.69, 9.17) is 47.5 Å². The van der Waals surface area contributed by atoms with Crippen molar-refractivity contribution in [2.75, 3.05) is 47.4 Å². The molecule has 1 aromatic heterocycles. The average Bonchev–Trinajstić information content (AvgIpc) is 3.81. The summed E-state index contributed by atoms with van der Waals surface area (Å²) in [5.41, 5.74) is 25.8. The molecular weight excluding hydrogens is 856 g/mol. The number of halogens is 1. The maximum atomic E-state index is 14.4. The minimum absolute atomic E-state index is 0.0231. The van der Waals surface area contributed by atoms with Crippen LogP contribution in [0.1, 0.15) is 64.5 Å². The number of carboxylic acid groups (broad SMARTS) is 1. The standard InChI is InChI=1S/C18H21N3O3.C15H15FN2O3.C9H9N3O.C5H4O3/c1-18(2,3)24-17(23)21-13-10-8-12(9-11-13)20-16(22)14-6-4-5-7-15(14)19;1-20-12-7-11(17)13(21-2)6-10(12)8-4-3-5-9(14(8)16)15(18)19;1-6(13)12-9-3-2-8(11)4-7(9)5-10;6-5(7)4-2-1-3-8-4/h4-11H,19H2,1-3H3,(H,20,22)(H,21,23);3-7H,17H2,1-2H3,(H2,18,19);2-4H,11H2,1H3,(H,12,13);1-3H,(H,6,7). The molecule has 1 heterocycles. The van der Waals surface area contributed by atoms with E-state index in [1.807, 2.05) is 6.07 Å². The normalized spacial score (nSPS) is 10.0. The SMILES string of the molecule is CC(=O)Nc1ccc(N)cc1C#N.CC(C)(C)OC(=O)Nc1ccc(NC(=O)c2ccccc2N)cc1.COc1cc(-c2cccc(C(N)=O)c2F)c(OC)cc1N.O=C(O)c1ccco1. The third kappa shape index (κ3) is 15.7. The van der Waals surface area contributed by atoms with Gasteiger partial charge in [0.05, 0.1) is 48.5 Å². The molecule has 19 heteroatoms. The Balaban J connectivity index is 0.000000249. The quantitative estimate of drug-likeness (QED) is 0.0635. The number of anilines is 6. The summed E-state index contributed by atoms with van der Waals surface area (Å²) in [6.07, 6.45) is 0.792. The molecule has 6 aromatic rings. The summed E-state index contributed by atoms with van der Waals surface area (Å²) in [5.74, 6) is -2.35. The number of methoxy groups -OCH3 is 2. The topological polar surface area (TPSA) is 310 Å². The van der Waals surface area contributed by atoms with E-state index in [1.54, 1.807) is 93.6 Å². The lowest BCUT2D eigenvalue weighted by molar-refractivity contribution is -0.114. The van der Waals surface area contributed by atoms with E-state index in [1.165, 1.54) is 63.8 Å². The van der Waals surface area contributed by atoms with Crippen LogP contribution in [0.25, 0.3) is 11.1 Å². The number of carboxylic acids is 1. The van der Waals surface area contributed by atoms with Gasteiger partial charge in [-0.05, 0) is 99.6 Å². The Bertz CT molecular complexity index is 2700. The van der Waals surface area contributed by atoms with Crippen molar-refractivity contribution in [3.8, 4) is 28.7 Å². The van der Waals surface area contributed by atoms with Crippen molar-refractivity contribution in [1.82, 2.24) is 0 Å². The van der Waals surface area contributed by atoms with Crippen molar-refractivity contribution in [3.05, 3.63) is 144 Å². The lowest BCUT2D eigenvalue weighted by Crippen LogP contribution is -2.27. The number of nitrogens with zero attached hydrogens (tertiary/aromatic N) is 1. The fourth-order valence-electron chi connectivity index (χ4n) is 5.38. The number of nitriles is 1. The number of para-hydroxylation sites is 1. The Morgan fingerprint density at radius 3 is 1.86 bits per heavy atom. The number of carbonyl (C=O) groups is 5. The molecule has 0 aliphatic rings. The smallest absolute Gasteiger partial charge is 0.412 e. The second kappa shape index (κ2) is 24.0. The molecule has 12 N–H and O–H groups in total. The number of ether oxygens (including phenoxy) is 3. The van der Waals surface area contributed by atoms with Crippen molar-refractivity contribution in [2.24, 2.45) is 5.73 Å². The second-order valence-electron chi connectivity index (χ2n) is 14.5. The molecular formula is C47H49FN8O10. The highest BCUT2D eigenvalue weighted by atomic mass is 19.1. The highest BCUT2D eigenvalue weighted by Crippen LogP contribution is 2.39. The van der Waals surface area contributed by atoms with E-state index in [2.05, 4.69) is 20.4 Å². The van der Waals surface area contributed by atoms with E-state index >= 15 is 0 Å². The molecule has 344 valence electrons. The highest BCUT2D eigenvalue weighted by Gasteiger charge is 2.19. The van der Waals surface area contributed by atoms with Crippen LogP contribution in [0.3, 0.4) is 0 Å². The number of carbonyl (C=O) groups excluding carboxylic acids is 4. The van der Waals surface area contributed by atoms with Gasteiger partial charge in [-0.1, -0.05) is 24.3 Å². The lowest BCUT2D eigenvalue weighted by Gasteiger charge is -2.19. The molecule has 0 saturated heterocycles. The number of nitrogen functional groups attached to an aromatic ring is 3. The van der Waals surface area contributed by atoms with E-state index in [9.17, 15) is 28.4 Å². The summed E-state index contributed by atoms with van der Waals surface area (Å²) in [7, 11) is 2.90. The van der Waals surface area contributed by atoms with Crippen molar-refractivity contribution in [3.63, 3.8) is 0 Å². The van der Waals surface area contributed by atoms with Gasteiger partial charge >= 0.3 is 12.1 Å². The predicted molar refractivity (Wildman–Crippen MR) is 249 cm³/mol. The van der Waals surface area contributed by atoms with Gasteiger partial charge < -0.3 is 57.3 Å². The summed E-state index contributed by atoms with van der Waals surface area (Å²) < 4.78 is 34.4. The van der Waals surface area contributed by atoms with Gasteiger partial charge in [0.1, 0.15) is 29.0 Å². The maximum absolute atomic E-state index is 14.4. The van der Waals surface area contributed by atoms with Crippen LogP contribution in [-0.4, -0.2) is 54.7 Å². The number of amides is 4. The molecule has 0 aliphatic heterocycles. The second-order valence-corrected chi connectivity index (χ2v) is 14.5. The van der Waals surface area contributed by atoms with Crippen LogP contribution in [0.5, 0.6) is 11.5 Å². The molecule has 0 fully saturated rings. The van der Waals surface area contributed by atoms with Crippen LogP contribution in [0.2, 0.25) is 0 Å². The third-order valence-corrected chi connectivity index (χ3v) is 8.31. The molecule has 0 aliphatic carbocycles. The summed E-state index contributed by atoms with van der Waals surface area (Å²) in [6, 6.07) is 30.7. The molecule has 6 rings (SSSR count). The van der Waals surface area contributed by atoms with E-state index < -0.39 is 29.4 Å². The van der Waals surface area contributed by atoms with E-state index in [0.29, 0.717) is 62.3 Å². The Labute approximate surface area is 379 Å². The van der Waals surface area contributed by atoms with Gasteiger partial charge in [0.25, 0.3) is 11.8 Å². The lowest BCUT2D eigenvalue weighted by atomic mass is 10.00. The average molecular weight is 905 g/mol. The molecule has 0 spiro atoms. The highest BCUT2D eigenvalue weighted by molar-refractivity contribution is 6.07. The van der Waals surface area contributed by atoms with Gasteiger partial charge in [-0.15, -0.1) is 0 Å². The van der Waals surface area contributed by atoms with Crippen molar-refractivity contribution < 1.29 is 52.1 Å². The largest absolute Gasteiger partial charge is 0.496 e. The van der Waals surface area contributed by atoms with E-state index in [-0.39, 0.29) is 28.7 Å². The first-order chi connectivity index (χ1) is 31.2. The number of nitrogens with one attached hydrogen (secondary N) is 3. The van der Waals surface area contributed by atoms with Crippen LogP contribution in [0.15, 0.2) is 120 Å². The van der Waals surface area contributed by atoms with Crippen LogP contribution in [0.4, 0.5) is 43.3 Å². The number of hydrogen-bond acceptors (Lipinski definition) is 13. The molecule has 0 unspecified atom stereocenters. The van der Waals surface area contributed by atoms with Gasteiger partial charge in [0, 0.05) is 46.9 Å². The van der Waals surface area contributed by atoms with Crippen molar-refractivity contribution in [2.45, 2.75) is 33.3 Å². The van der Waals surface area contributed by atoms with Gasteiger partial charge in [-0.2, -0.15) is 5.26 Å². The molecule has 0 radical (unpaired) electrons. The summed E-state index contributed by atoms with van der Waals surface area (Å²) in [5, 5.41) is 24.8. The predicted octanol–water partition coefficient (Wildman–Crippen LogP) is 8.14. The monoisotopic (exact) mass is 904 g/mol. The zero-order chi connectivity index (χ0) is 49.1. The Hall–Kier alpha value is -9.05. The minimum Gasteiger partial charge on any atom is -0.496 e. The molecule has 5 aromatic carbocycles. The molecule has 18 nitrogen and oxygen atoms in total. The number of rotatable bonds is 9. The fourth-order valence-corrected chi connectivity index (χ4v) is 5.38. The van der Waals surface area contributed by atoms with Gasteiger partial charge in [0.2, 0.25) is 11.7 Å². The summed E-state index contributed by atoms with van der Waals surface area (Å²) in [6.45, 7) is 6.76. The number of furan rings is 1. The fraction of sp³-hybridized carbons (Fsp3) is 0.149. The van der Waals surface area contributed by atoms with Crippen LogP contribution in [-0.2, 0) is 9.53 Å². The van der Waals surface area contributed by atoms with Gasteiger partial charge in [0.15, 0.2) is 0 Å². The van der Waals surface area contributed by atoms with Crippen LogP contribution >= 0.6 is 0 Å². The maximum Gasteiger partial charge on any atom is 0.412 e. The van der Waals surface area contributed by atoms with Crippen LogP contribution < -0.4 is 48.4 Å². The third-order valence-electron chi connectivity index (χ3n) is 8.31. The molecule has 4 amide bonds. The number of aromatic carboxylic acids is 1. The zero-order valence-electron chi connectivity index (χ0n) is 36.7. The summed E-state index contributed by atoms with van der Waals surface area (Å²) in [4.78, 5) is 55.8. The van der Waals surface area contributed by atoms with Gasteiger partial charge in [-0.3, -0.25) is 19.7 Å². The number of primary amides is 1. The number of nitrogens with two attached hydrogens (primary N) is 4. The van der Waals surface area contributed by atoms with Crippen molar-refractivity contribution in [1.29, 1.82) is 5.26 Å². The minimum atomic E-state index is -1.03. The molecule has 0 saturated carbocycles. The molecule has 0 bridgehead atoms. The Morgan fingerprint density at radius 1 is 0.727 bits per heavy atom.